The van der Waals surface area contributed by atoms with Crippen LogP contribution in [-0.2, 0) is 16.0 Å². The highest BCUT2D eigenvalue weighted by Gasteiger charge is 2.40. The van der Waals surface area contributed by atoms with Gasteiger partial charge in [0.25, 0.3) is 5.91 Å². The molecule has 0 atom stereocenters. The summed E-state index contributed by atoms with van der Waals surface area (Å²) in [6, 6.07) is 17.3. The second-order valence-corrected chi connectivity index (χ2v) is 12.7. The van der Waals surface area contributed by atoms with E-state index in [0.717, 1.165) is 18.5 Å². The lowest BCUT2D eigenvalue weighted by atomic mass is 10.2. The van der Waals surface area contributed by atoms with Gasteiger partial charge in [-0.05, 0) is 42.5 Å². The van der Waals surface area contributed by atoms with Gasteiger partial charge >= 0.3 is 6.18 Å². The molecular formula is C30H19F4N5O4S2. The van der Waals surface area contributed by atoms with Crippen LogP contribution < -0.4 is 10.1 Å². The Labute approximate surface area is 256 Å². The fourth-order valence-corrected chi connectivity index (χ4v) is 6.00. The molecule has 6 rings (SSSR count). The predicted octanol–water partition coefficient (Wildman–Crippen LogP) is 7.15. The number of benzene rings is 2. The number of hydrogen-bond donors (Lipinski definition) is 1. The number of carbonyl (C=O) groups excluding carboxylic acids is 1. The molecule has 0 saturated heterocycles. The number of carbonyl (C=O) groups is 1. The third kappa shape index (κ3) is 6.12. The van der Waals surface area contributed by atoms with Gasteiger partial charge in [-0.3, -0.25) is 14.8 Å². The molecule has 15 heteroatoms. The van der Waals surface area contributed by atoms with Crippen LogP contribution in [0, 0.1) is 5.82 Å². The maximum atomic E-state index is 15.1. The maximum absolute atomic E-state index is 15.1. The van der Waals surface area contributed by atoms with E-state index in [0.29, 0.717) is 25.5 Å². The number of nitrogens with one attached hydrogen (secondary N) is 1. The molecule has 4 heterocycles. The molecule has 0 saturated carbocycles. The molecule has 0 fully saturated rings. The first-order valence-corrected chi connectivity index (χ1v) is 15.6. The number of aromatic nitrogens is 4. The van der Waals surface area contributed by atoms with Crippen LogP contribution in [0.1, 0.15) is 16.1 Å². The van der Waals surface area contributed by atoms with Gasteiger partial charge in [-0.1, -0.05) is 18.2 Å². The van der Waals surface area contributed by atoms with Crippen LogP contribution in [0.4, 0.5) is 23.2 Å². The summed E-state index contributed by atoms with van der Waals surface area (Å²) in [5, 5.41) is 6.05. The first-order chi connectivity index (χ1) is 21.4. The Bertz CT molecular complexity index is 2160. The van der Waals surface area contributed by atoms with Gasteiger partial charge < -0.3 is 10.1 Å². The van der Waals surface area contributed by atoms with Crippen molar-refractivity contribution in [2.75, 3.05) is 11.6 Å². The number of halogens is 4. The van der Waals surface area contributed by atoms with E-state index in [1.807, 2.05) is 0 Å². The smallest absolute Gasteiger partial charge is 0.434 e. The van der Waals surface area contributed by atoms with Crippen molar-refractivity contribution in [3.63, 3.8) is 0 Å². The van der Waals surface area contributed by atoms with E-state index >= 15 is 4.39 Å². The minimum Gasteiger partial charge on any atom is -0.453 e. The molecule has 0 aliphatic carbocycles. The monoisotopic (exact) mass is 653 g/mol. The molecule has 0 spiro atoms. The zero-order valence-electron chi connectivity index (χ0n) is 22.9. The molecule has 0 radical (unpaired) electrons. The van der Waals surface area contributed by atoms with Crippen LogP contribution in [0.5, 0.6) is 11.5 Å². The first kappa shape index (κ1) is 29.9. The third-order valence-corrected chi connectivity index (χ3v) is 8.74. The van der Waals surface area contributed by atoms with E-state index in [2.05, 4.69) is 20.4 Å². The van der Waals surface area contributed by atoms with E-state index in [9.17, 15) is 26.4 Å². The number of para-hydroxylation sites is 1. The summed E-state index contributed by atoms with van der Waals surface area (Å²) in [4.78, 5) is 22.2. The molecule has 2 aromatic carbocycles. The van der Waals surface area contributed by atoms with Gasteiger partial charge in [0.2, 0.25) is 0 Å². The van der Waals surface area contributed by atoms with Gasteiger partial charge in [-0.15, -0.1) is 11.3 Å². The normalized spacial score (nSPS) is 11.9. The molecule has 1 amide bonds. The SMILES string of the molecule is CS(=O)(=O)c1ccc(-c2cc3nccc(Oc4ccc(NC(=O)c5cnn(-c6ccccc6)c5C(F)(F)F)cc4F)c3s2)nc1. The van der Waals surface area contributed by atoms with Crippen molar-refractivity contribution in [1.82, 2.24) is 19.7 Å². The van der Waals surface area contributed by atoms with Crippen LogP contribution in [0.3, 0.4) is 0 Å². The maximum Gasteiger partial charge on any atom is 0.434 e. The number of nitrogens with zero attached hydrogens (tertiary/aromatic N) is 4. The Kier molecular flexibility index (Phi) is 7.58. The minimum absolute atomic E-state index is 0.0765. The van der Waals surface area contributed by atoms with Gasteiger partial charge in [-0.2, -0.15) is 18.3 Å². The predicted molar refractivity (Wildman–Crippen MR) is 159 cm³/mol. The topological polar surface area (TPSA) is 116 Å². The summed E-state index contributed by atoms with van der Waals surface area (Å²) in [5.41, 5.74) is -0.966. The molecule has 0 bridgehead atoms. The van der Waals surface area contributed by atoms with Crippen LogP contribution in [0.25, 0.3) is 26.5 Å². The number of thiophene rings is 1. The second-order valence-electron chi connectivity index (χ2n) is 9.64. The zero-order chi connectivity index (χ0) is 31.9. The molecular weight excluding hydrogens is 634 g/mol. The average Bonchev–Trinajstić information content (AvgIpc) is 3.65. The number of anilines is 1. The number of ether oxygens (including phenoxy) is 1. The number of rotatable bonds is 7. The summed E-state index contributed by atoms with van der Waals surface area (Å²) < 4.78 is 87.6. The Morgan fingerprint density at radius 1 is 0.956 bits per heavy atom. The highest BCUT2D eigenvalue weighted by molar-refractivity contribution is 7.90. The molecule has 0 aliphatic rings. The Morgan fingerprint density at radius 2 is 1.73 bits per heavy atom. The molecule has 0 unspecified atom stereocenters. The molecule has 4 aromatic heterocycles. The van der Waals surface area contributed by atoms with E-state index in [1.165, 1.54) is 72.3 Å². The van der Waals surface area contributed by atoms with Crippen molar-refractivity contribution in [2.24, 2.45) is 0 Å². The lowest BCUT2D eigenvalue weighted by Gasteiger charge is -2.13. The summed E-state index contributed by atoms with van der Waals surface area (Å²) in [5.74, 6) is -1.96. The fourth-order valence-electron chi connectivity index (χ4n) is 4.40. The van der Waals surface area contributed by atoms with Crippen LogP contribution >= 0.6 is 11.3 Å². The third-order valence-electron chi connectivity index (χ3n) is 6.49. The van der Waals surface area contributed by atoms with Crippen molar-refractivity contribution < 1.29 is 35.5 Å². The molecule has 1 N–H and O–H groups in total. The van der Waals surface area contributed by atoms with E-state index < -0.39 is 39.0 Å². The van der Waals surface area contributed by atoms with Gasteiger partial charge in [0, 0.05) is 36.5 Å². The lowest BCUT2D eigenvalue weighted by Crippen LogP contribution is -2.20. The van der Waals surface area contributed by atoms with Gasteiger partial charge in [0.1, 0.15) is 5.75 Å². The number of sulfone groups is 1. The highest BCUT2D eigenvalue weighted by atomic mass is 32.2. The molecule has 0 aliphatic heterocycles. The highest BCUT2D eigenvalue weighted by Crippen LogP contribution is 2.40. The standard InChI is InChI=1S/C30H19F4N5O4S2/c1-45(41,42)19-8-9-22(36-15-19)26-14-23-27(44-26)25(11-12-35-23)43-24-10-7-17(13-21(24)31)38-29(40)20-16-37-39(28(20)30(32,33)34)18-5-3-2-4-6-18/h2-16H,1H3,(H,38,40). The Balaban J connectivity index is 1.23. The number of pyridine rings is 2. The van der Waals surface area contributed by atoms with Crippen molar-refractivity contribution in [3.05, 3.63) is 108 Å². The van der Waals surface area contributed by atoms with Crippen molar-refractivity contribution in [2.45, 2.75) is 11.1 Å². The van der Waals surface area contributed by atoms with Gasteiger partial charge in [-0.25, -0.2) is 17.5 Å². The molecule has 228 valence electrons. The average molecular weight is 654 g/mol. The van der Waals surface area contributed by atoms with Gasteiger partial charge in [0.15, 0.2) is 27.1 Å². The van der Waals surface area contributed by atoms with Crippen LogP contribution in [-0.4, -0.2) is 40.3 Å². The molecule has 9 nitrogen and oxygen atoms in total. The first-order valence-electron chi connectivity index (χ1n) is 12.9. The minimum atomic E-state index is -4.91. The summed E-state index contributed by atoms with van der Waals surface area (Å²) in [6.45, 7) is 0. The largest absolute Gasteiger partial charge is 0.453 e. The lowest BCUT2D eigenvalue weighted by molar-refractivity contribution is -0.143. The number of amides is 1. The number of hydrogen-bond acceptors (Lipinski definition) is 8. The van der Waals surface area contributed by atoms with E-state index in [-0.39, 0.29) is 27.8 Å². The van der Waals surface area contributed by atoms with E-state index in [1.54, 1.807) is 18.2 Å². The van der Waals surface area contributed by atoms with Crippen LogP contribution in [0.2, 0.25) is 0 Å². The van der Waals surface area contributed by atoms with Crippen molar-refractivity contribution in [1.29, 1.82) is 0 Å². The Hall–Kier alpha value is -5.15. The fraction of sp³-hybridized carbons (Fsp3) is 0.0667. The van der Waals surface area contributed by atoms with Gasteiger partial charge in [0.05, 0.1) is 43.1 Å². The van der Waals surface area contributed by atoms with E-state index in [4.69, 9.17) is 4.74 Å². The molecule has 6 aromatic rings. The van der Waals surface area contributed by atoms with Crippen molar-refractivity contribution in [3.8, 4) is 27.8 Å². The van der Waals surface area contributed by atoms with Crippen LogP contribution in [0.15, 0.2) is 96.3 Å². The molecule has 45 heavy (non-hydrogen) atoms. The summed E-state index contributed by atoms with van der Waals surface area (Å²) in [6.07, 6.45) is -0.293. The summed E-state index contributed by atoms with van der Waals surface area (Å²) >= 11 is 1.25. The summed E-state index contributed by atoms with van der Waals surface area (Å²) in [7, 11) is -3.41. The second kappa shape index (κ2) is 11.4. The number of fused-ring (bicyclic) bond motifs is 1. The zero-order valence-corrected chi connectivity index (χ0v) is 24.5. The number of alkyl halides is 3. The quantitative estimate of drug-likeness (QED) is 0.182. The van der Waals surface area contributed by atoms with Crippen molar-refractivity contribution >= 4 is 43.0 Å². The Morgan fingerprint density at radius 3 is 2.40 bits per heavy atom.